The number of carboxylic acids is 1. The highest BCUT2D eigenvalue weighted by atomic mass is 17.3. The number of hydrogen-bond donors (Lipinski definition) is 3. The Kier molecular flexibility index (Phi) is 9.91. The molecule has 4 aliphatic heterocycles. The number of aliphatic carboxylic acids is 1. The molecule has 12 nitrogen and oxygen atoms in total. The molecule has 5 aliphatic rings. The molecular formula is C30H48N2O10. The summed E-state index contributed by atoms with van der Waals surface area (Å²) in [6, 6.07) is -2.01. The zero-order chi connectivity index (χ0) is 31.0. The molecule has 0 unspecified atom stereocenters. The summed E-state index contributed by atoms with van der Waals surface area (Å²) in [6.07, 6.45) is 1.73. The fraction of sp³-hybridized carbons (Fsp3) is 0.867. The molecule has 4 heterocycles. The van der Waals surface area contributed by atoms with Gasteiger partial charge in [-0.15, -0.1) is 0 Å². The molecule has 0 radical (unpaired) electrons. The van der Waals surface area contributed by atoms with Crippen molar-refractivity contribution in [3.05, 3.63) is 0 Å². The lowest BCUT2D eigenvalue weighted by Crippen LogP contribution is -2.70. The molecule has 2 bridgehead atoms. The highest BCUT2D eigenvalue weighted by molar-refractivity contribution is 5.91. The van der Waals surface area contributed by atoms with Gasteiger partial charge in [0.15, 0.2) is 11.9 Å². The second-order valence-corrected chi connectivity index (χ2v) is 13.6. The number of nitrogens with one attached hydrogen (secondary N) is 2. The van der Waals surface area contributed by atoms with Gasteiger partial charge >= 0.3 is 11.9 Å². The standard InChI is InChI=1S/C30H48N2O10/c1-15(2)14-21(25(35)32-24(16(3)4)26(36)37)31-22(33)10-11-23(34)38-27-18(6)20-9-8-17(5)19-12-13-29(7)40-28(39-27)30(19,20)42-41-29/h15-21,24,27-28H,8-14H2,1-7H3,(H,31,33)(H,32,35)(H,36,37)/t17-,18-,19+,20+,21+,24+,27-,28-,29-,30-/m1/s1. The van der Waals surface area contributed by atoms with Crippen LogP contribution in [0, 0.1) is 35.5 Å². The summed E-state index contributed by atoms with van der Waals surface area (Å²) in [5.74, 6) is -3.63. The third-order valence-corrected chi connectivity index (χ3v) is 9.49. The molecule has 2 amide bonds. The first-order valence-corrected chi connectivity index (χ1v) is 15.4. The van der Waals surface area contributed by atoms with Gasteiger partial charge in [-0.3, -0.25) is 14.4 Å². The molecule has 42 heavy (non-hydrogen) atoms. The molecule has 5 rings (SSSR count). The third kappa shape index (κ3) is 6.61. The molecule has 1 aliphatic carbocycles. The monoisotopic (exact) mass is 596 g/mol. The van der Waals surface area contributed by atoms with E-state index in [1.54, 1.807) is 13.8 Å². The van der Waals surface area contributed by atoms with Crippen molar-refractivity contribution in [2.45, 2.75) is 129 Å². The molecule has 0 aromatic carbocycles. The van der Waals surface area contributed by atoms with E-state index in [2.05, 4.69) is 17.6 Å². The Balaban J connectivity index is 1.35. The van der Waals surface area contributed by atoms with E-state index in [1.165, 1.54) is 0 Å². The number of esters is 1. The van der Waals surface area contributed by atoms with Crippen molar-refractivity contribution in [3.63, 3.8) is 0 Å². The molecule has 1 saturated carbocycles. The van der Waals surface area contributed by atoms with Crippen LogP contribution in [0.2, 0.25) is 0 Å². The van der Waals surface area contributed by atoms with E-state index in [1.807, 2.05) is 27.7 Å². The summed E-state index contributed by atoms with van der Waals surface area (Å²) in [5.41, 5.74) is -0.767. The molecule has 10 atom stereocenters. The summed E-state index contributed by atoms with van der Waals surface area (Å²) in [6.45, 7) is 13.2. The van der Waals surface area contributed by atoms with Crippen LogP contribution in [-0.2, 0) is 43.2 Å². The van der Waals surface area contributed by atoms with Crippen molar-refractivity contribution >= 4 is 23.8 Å². The lowest BCUT2D eigenvalue weighted by Gasteiger charge is -2.59. The van der Waals surface area contributed by atoms with Crippen molar-refractivity contribution in [1.82, 2.24) is 10.6 Å². The van der Waals surface area contributed by atoms with E-state index in [4.69, 9.17) is 24.0 Å². The number of carbonyl (C=O) groups excluding carboxylic acids is 3. The maximum Gasteiger partial charge on any atom is 0.326 e. The second kappa shape index (κ2) is 12.8. The smallest absolute Gasteiger partial charge is 0.326 e. The largest absolute Gasteiger partial charge is 0.480 e. The Morgan fingerprint density at radius 3 is 2.33 bits per heavy atom. The van der Waals surface area contributed by atoms with Crippen LogP contribution in [0.1, 0.15) is 93.4 Å². The third-order valence-electron chi connectivity index (χ3n) is 9.49. The molecule has 4 saturated heterocycles. The first-order valence-electron chi connectivity index (χ1n) is 15.4. The Morgan fingerprint density at radius 1 is 0.976 bits per heavy atom. The highest BCUT2D eigenvalue weighted by Crippen LogP contribution is 2.60. The van der Waals surface area contributed by atoms with Crippen LogP contribution in [0.4, 0.5) is 0 Å². The minimum atomic E-state index is -1.14. The van der Waals surface area contributed by atoms with Gasteiger partial charge in [0.2, 0.25) is 23.9 Å². The van der Waals surface area contributed by atoms with Crippen molar-refractivity contribution < 1.29 is 48.3 Å². The van der Waals surface area contributed by atoms with Crippen LogP contribution in [0.15, 0.2) is 0 Å². The van der Waals surface area contributed by atoms with Gasteiger partial charge in [0.25, 0.3) is 0 Å². The van der Waals surface area contributed by atoms with Gasteiger partial charge in [0, 0.05) is 24.7 Å². The van der Waals surface area contributed by atoms with Crippen molar-refractivity contribution in [2.75, 3.05) is 0 Å². The lowest BCUT2D eigenvalue weighted by atomic mass is 9.58. The second-order valence-electron chi connectivity index (χ2n) is 13.6. The van der Waals surface area contributed by atoms with Crippen molar-refractivity contribution in [2.24, 2.45) is 35.5 Å². The van der Waals surface area contributed by atoms with Gasteiger partial charge in [-0.1, -0.05) is 41.5 Å². The van der Waals surface area contributed by atoms with Gasteiger partial charge in [-0.25, -0.2) is 14.6 Å². The zero-order valence-electron chi connectivity index (χ0n) is 25.8. The van der Waals surface area contributed by atoms with Crippen LogP contribution in [0.25, 0.3) is 0 Å². The fourth-order valence-corrected chi connectivity index (χ4v) is 7.15. The van der Waals surface area contributed by atoms with E-state index in [-0.39, 0.29) is 42.4 Å². The molecule has 238 valence electrons. The number of carbonyl (C=O) groups is 4. The van der Waals surface area contributed by atoms with Gasteiger partial charge in [-0.2, -0.15) is 0 Å². The summed E-state index contributed by atoms with van der Waals surface area (Å²) in [5, 5.41) is 14.6. The first-order chi connectivity index (χ1) is 19.7. The SMILES string of the molecule is CC(C)C[C@H](NC(=O)CCC(=O)O[C@@H]1O[C@@H]2O[C@@]3(C)CC[C@H]4[C@H](C)CC[C@@H]([C@H]1C)[C@@]24OO3)C(=O)N[C@H](C(=O)O)C(C)C. The molecule has 3 N–H and O–H groups in total. The minimum absolute atomic E-state index is 0.00281. The predicted molar refractivity (Wildman–Crippen MR) is 148 cm³/mol. The topological polar surface area (TPSA) is 159 Å². The van der Waals surface area contributed by atoms with Crippen LogP contribution >= 0.6 is 0 Å². The van der Waals surface area contributed by atoms with E-state index < -0.39 is 59.8 Å². The maximum atomic E-state index is 12.9. The molecular weight excluding hydrogens is 548 g/mol. The average Bonchev–Trinajstić information content (AvgIpc) is 3.13. The molecule has 0 aromatic heterocycles. The maximum absolute atomic E-state index is 12.9. The number of fused-ring (bicyclic) bond motifs is 2. The Hall–Kier alpha value is -2.28. The quantitative estimate of drug-likeness (QED) is 0.239. The average molecular weight is 597 g/mol. The summed E-state index contributed by atoms with van der Waals surface area (Å²) in [7, 11) is 0. The van der Waals surface area contributed by atoms with Gasteiger partial charge in [0.05, 0.1) is 6.42 Å². The number of amides is 2. The van der Waals surface area contributed by atoms with Crippen LogP contribution < -0.4 is 10.6 Å². The van der Waals surface area contributed by atoms with Gasteiger partial charge < -0.3 is 30.0 Å². The molecule has 5 fully saturated rings. The number of ether oxygens (including phenoxy) is 3. The number of hydrogen-bond acceptors (Lipinski definition) is 9. The normalized spacial score (nSPS) is 36.9. The molecule has 0 aromatic rings. The highest BCUT2D eigenvalue weighted by Gasteiger charge is 2.69. The van der Waals surface area contributed by atoms with E-state index in [0.29, 0.717) is 18.8 Å². The number of carboxylic acid groups (broad SMARTS) is 1. The van der Waals surface area contributed by atoms with E-state index in [9.17, 15) is 24.3 Å². The first kappa shape index (κ1) is 32.6. The predicted octanol–water partition coefficient (Wildman–Crippen LogP) is 3.27. The van der Waals surface area contributed by atoms with Gasteiger partial charge in [0.1, 0.15) is 12.1 Å². The van der Waals surface area contributed by atoms with E-state index >= 15 is 0 Å². The Labute approximate surface area is 247 Å². The van der Waals surface area contributed by atoms with Crippen LogP contribution in [0.5, 0.6) is 0 Å². The fourth-order valence-electron chi connectivity index (χ4n) is 7.15. The van der Waals surface area contributed by atoms with Crippen LogP contribution in [-0.4, -0.2) is 64.9 Å². The Bertz CT molecular complexity index is 1040. The summed E-state index contributed by atoms with van der Waals surface area (Å²) < 4.78 is 18.3. The minimum Gasteiger partial charge on any atom is -0.480 e. The lowest BCUT2D eigenvalue weighted by molar-refractivity contribution is -0.576. The molecule has 1 spiro atoms. The molecule has 12 heteroatoms. The summed E-state index contributed by atoms with van der Waals surface area (Å²) in [4.78, 5) is 62.0. The van der Waals surface area contributed by atoms with E-state index in [0.717, 1.165) is 19.3 Å². The van der Waals surface area contributed by atoms with Crippen molar-refractivity contribution in [1.29, 1.82) is 0 Å². The zero-order valence-corrected chi connectivity index (χ0v) is 25.8. The van der Waals surface area contributed by atoms with Crippen LogP contribution in [0.3, 0.4) is 0 Å². The van der Waals surface area contributed by atoms with Gasteiger partial charge in [-0.05, 0) is 56.3 Å². The Morgan fingerprint density at radius 2 is 1.69 bits per heavy atom. The van der Waals surface area contributed by atoms with Crippen molar-refractivity contribution in [3.8, 4) is 0 Å². The number of rotatable bonds is 11. The summed E-state index contributed by atoms with van der Waals surface area (Å²) >= 11 is 0.